The molecule has 2 N–H and O–H groups in total. The molecule has 1 saturated heterocycles. The molecule has 0 radical (unpaired) electrons. The van der Waals surface area contributed by atoms with Gasteiger partial charge in [0.05, 0.1) is 11.9 Å². The number of alkyl halides is 3. The number of thioether (sulfide) groups is 1. The van der Waals surface area contributed by atoms with Crippen molar-refractivity contribution in [2.75, 3.05) is 25.7 Å². The Labute approximate surface area is 180 Å². The van der Waals surface area contributed by atoms with E-state index in [1.807, 2.05) is 0 Å². The number of halogens is 3. The van der Waals surface area contributed by atoms with E-state index < -0.39 is 11.9 Å². The molecule has 0 aromatic carbocycles. The fourth-order valence-corrected chi connectivity index (χ4v) is 3.33. The Morgan fingerprint density at radius 1 is 1.30 bits per heavy atom. The van der Waals surface area contributed by atoms with E-state index in [-0.39, 0.29) is 11.7 Å². The maximum atomic E-state index is 12.4. The van der Waals surface area contributed by atoms with Gasteiger partial charge in [-0.2, -0.15) is 13.2 Å². The zero-order valence-corrected chi connectivity index (χ0v) is 17.6. The number of nitrogens with zero attached hydrogens (tertiary/aromatic N) is 4. The van der Waals surface area contributed by atoms with Gasteiger partial charge in [-0.15, -0.1) is 11.3 Å². The van der Waals surface area contributed by atoms with Crippen LogP contribution in [0, 0.1) is 0 Å². The molecule has 12 heteroatoms. The molecule has 0 saturated carbocycles. The smallest absolute Gasteiger partial charge is 0.433 e. The molecule has 3 heterocycles. The Morgan fingerprint density at radius 2 is 2.07 bits per heavy atom. The second-order valence-electron chi connectivity index (χ2n) is 5.67. The minimum absolute atomic E-state index is 0.169. The fraction of sp³-hybridized carbons (Fsp3) is 0.333. The number of thiazole rings is 1. The highest BCUT2D eigenvalue weighted by molar-refractivity contribution is 8.02. The first-order valence-electron chi connectivity index (χ1n) is 8.72. The lowest BCUT2D eigenvalue weighted by Crippen LogP contribution is -2.37. The van der Waals surface area contributed by atoms with Crippen LogP contribution in [0.15, 0.2) is 39.1 Å². The molecule has 2 aromatic rings. The molecule has 0 unspecified atom stereocenters. The standard InChI is InChI=1S/C14H11F3N4OS2.C4H10N2/c1-18-10(11-7-24-13(19-2)21-11)6-23-8-22-9-3-4-12(20-5-9)14(15,16)17;1-2-5-4-6-3-1/h3-7H,1-2,8H2;5-6H,1-4H2/b10-6-;. The van der Waals surface area contributed by atoms with E-state index in [4.69, 9.17) is 4.74 Å². The summed E-state index contributed by atoms with van der Waals surface area (Å²) in [5, 5.41) is 10.3. The van der Waals surface area contributed by atoms with Crippen LogP contribution in [0.3, 0.4) is 0 Å². The van der Waals surface area contributed by atoms with Gasteiger partial charge < -0.3 is 15.4 Å². The van der Waals surface area contributed by atoms with Crippen molar-refractivity contribution in [3.8, 4) is 5.75 Å². The Hall–Kier alpha value is -2.28. The van der Waals surface area contributed by atoms with Crippen LogP contribution < -0.4 is 15.4 Å². The first-order chi connectivity index (χ1) is 14.4. The largest absolute Gasteiger partial charge is 0.481 e. The molecule has 30 heavy (non-hydrogen) atoms. The van der Waals surface area contributed by atoms with E-state index in [0.29, 0.717) is 16.5 Å². The molecule has 1 fully saturated rings. The molecule has 7 nitrogen and oxygen atoms in total. The van der Waals surface area contributed by atoms with Crippen molar-refractivity contribution in [3.63, 3.8) is 0 Å². The van der Waals surface area contributed by atoms with Crippen LogP contribution in [0.4, 0.5) is 18.3 Å². The summed E-state index contributed by atoms with van der Waals surface area (Å²) < 4.78 is 42.5. The molecule has 0 bridgehead atoms. The summed E-state index contributed by atoms with van der Waals surface area (Å²) in [6, 6.07) is 2.08. The van der Waals surface area contributed by atoms with Crippen LogP contribution in [0.1, 0.15) is 17.8 Å². The number of nitrogens with one attached hydrogen (secondary N) is 2. The lowest BCUT2D eigenvalue weighted by molar-refractivity contribution is -0.141. The van der Waals surface area contributed by atoms with Gasteiger partial charge in [0, 0.05) is 17.5 Å². The van der Waals surface area contributed by atoms with Crippen molar-refractivity contribution in [1.82, 2.24) is 20.6 Å². The Morgan fingerprint density at radius 3 is 2.53 bits per heavy atom. The third-order valence-electron chi connectivity index (χ3n) is 3.53. The van der Waals surface area contributed by atoms with Crippen LogP contribution >= 0.6 is 23.1 Å². The molecule has 0 atom stereocenters. The summed E-state index contributed by atoms with van der Waals surface area (Å²) >= 11 is 2.58. The monoisotopic (exact) mass is 458 g/mol. The van der Waals surface area contributed by atoms with Gasteiger partial charge in [-0.25, -0.2) is 15.0 Å². The van der Waals surface area contributed by atoms with Crippen LogP contribution in [0.25, 0.3) is 5.70 Å². The number of rotatable bonds is 7. The second kappa shape index (κ2) is 12.4. The molecule has 0 aliphatic carbocycles. The predicted molar refractivity (Wildman–Crippen MR) is 117 cm³/mol. The highest BCUT2D eigenvalue weighted by atomic mass is 32.2. The van der Waals surface area contributed by atoms with Gasteiger partial charge in [0.25, 0.3) is 0 Å². The predicted octanol–water partition coefficient (Wildman–Crippen LogP) is 4.18. The van der Waals surface area contributed by atoms with Crippen LogP contribution in [0.5, 0.6) is 5.75 Å². The van der Waals surface area contributed by atoms with E-state index in [0.717, 1.165) is 18.9 Å². The maximum absolute atomic E-state index is 12.4. The van der Waals surface area contributed by atoms with Gasteiger partial charge in [-0.1, -0.05) is 11.8 Å². The summed E-state index contributed by atoms with van der Waals surface area (Å²) in [5.41, 5.74) is 0.192. The molecule has 1 aliphatic heterocycles. The average Bonchev–Trinajstić information content (AvgIpc) is 3.24. The van der Waals surface area contributed by atoms with E-state index in [2.05, 4.69) is 44.0 Å². The van der Waals surface area contributed by atoms with E-state index in [1.54, 1.807) is 10.8 Å². The third kappa shape index (κ3) is 8.22. The summed E-state index contributed by atoms with van der Waals surface area (Å²) in [4.78, 5) is 15.1. The summed E-state index contributed by atoms with van der Waals surface area (Å²) in [6.07, 6.45) is -2.16. The first-order valence-corrected chi connectivity index (χ1v) is 10.7. The highest BCUT2D eigenvalue weighted by Crippen LogP contribution is 2.29. The van der Waals surface area contributed by atoms with Gasteiger partial charge in [-0.05, 0) is 45.1 Å². The average molecular weight is 459 g/mol. The van der Waals surface area contributed by atoms with Gasteiger partial charge in [0.15, 0.2) is 0 Å². The molecule has 2 aromatic heterocycles. The molecular weight excluding hydrogens is 437 g/mol. The Balaban J connectivity index is 0.000000456. The van der Waals surface area contributed by atoms with E-state index >= 15 is 0 Å². The fourth-order valence-electron chi connectivity index (χ4n) is 2.09. The van der Waals surface area contributed by atoms with Gasteiger partial charge >= 0.3 is 6.18 Å². The third-order valence-corrected chi connectivity index (χ3v) is 4.95. The topological polar surface area (TPSA) is 83.8 Å². The van der Waals surface area contributed by atoms with Gasteiger partial charge in [0.2, 0.25) is 5.13 Å². The molecular formula is C18H21F3N6OS2. The van der Waals surface area contributed by atoms with Crippen molar-refractivity contribution in [3.05, 3.63) is 40.5 Å². The maximum Gasteiger partial charge on any atom is 0.433 e. The molecule has 3 rings (SSSR count). The first kappa shape index (κ1) is 24.0. The van der Waals surface area contributed by atoms with Crippen molar-refractivity contribution >= 4 is 47.4 Å². The molecule has 162 valence electrons. The van der Waals surface area contributed by atoms with E-state index in [1.165, 1.54) is 48.7 Å². The molecule has 0 amide bonds. The highest BCUT2D eigenvalue weighted by Gasteiger charge is 2.32. The lowest BCUT2D eigenvalue weighted by atomic mass is 10.3. The van der Waals surface area contributed by atoms with Gasteiger partial charge in [0.1, 0.15) is 23.1 Å². The van der Waals surface area contributed by atoms with Crippen LogP contribution in [-0.2, 0) is 6.18 Å². The normalized spacial score (nSPS) is 14.4. The Bertz CT molecular complexity index is 824. The van der Waals surface area contributed by atoms with Gasteiger partial charge in [-0.3, -0.25) is 4.99 Å². The summed E-state index contributed by atoms with van der Waals surface area (Å²) in [7, 11) is 0. The lowest BCUT2D eigenvalue weighted by Gasteiger charge is -2.11. The number of aromatic nitrogens is 2. The quantitative estimate of drug-likeness (QED) is 0.368. The number of aliphatic imine (C=N–C) groups is 2. The summed E-state index contributed by atoms with van der Waals surface area (Å²) in [6.45, 7) is 10.2. The molecule has 0 spiro atoms. The number of pyridine rings is 1. The van der Waals surface area contributed by atoms with Crippen LogP contribution in [-0.4, -0.2) is 49.1 Å². The second-order valence-corrected chi connectivity index (χ2v) is 7.31. The summed E-state index contributed by atoms with van der Waals surface area (Å²) in [5.74, 6) is 0.409. The minimum atomic E-state index is -4.47. The number of ether oxygens (including phenoxy) is 1. The minimum Gasteiger partial charge on any atom is -0.481 e. The number of hydrogen-bond donors (Lipinski definition) is 2. The molecule has 1 aliphatic rings. The van der Waals surface area contributed by atoms with Crippen molar-refractivity contribution in [2.45, 2.75) is 12.6 Å². The van der Waals surface area contributed by atoms with Crippen molar-refractivity contribution in [2.24, 2.45) is 9.98 Å². The SMILES string of the molecule is C1CNCNC1.C=N/C(=C\SCOc1ccc(C(F)(F)F)nc1)c1csc(N=C)n1. The zero-order chi connectivity index (χ0) is 21.8. The van der Waals surface area contributed by atoms with E-state index in [9.17, 15) is 13.2 Å². The van der Waals surface area contributed by atoms with Crippen LogP contribution in [0.2, 0.25) is 0 Å². The van der Waals surface area contributed by atoms with Crippen molar-refractivity contribution in [1.29, 1.82) is 0 Å². The zero-order valence-electron chi connectivity index (χ0n) is 16.0. The van der Waals surface area contributed by atoms with Crippen molar-refractivity contribution < 1.29 is 17.9 Å². The number of hydrogen-bond acceptors (Lipinski definition) is 9. The Kier molecular flexibility index (Phi) is 9.94.